The number of methoxy groups -OCH3 is 1. The van der Waals surface area contributed by atoms with Crippen LogP contribution in [-0.4, -0.2) is 49.2 Å². The second-order valence-corrected chi connectivity index (χ2v) is 6.92. The number of hydrogen-bond acceptors (Lipinski definition) is 8. The van der Waals surface area contributed by atoms with Gasteiger partial charge >= 0.3 is 5.97 Å². The molecule has 0 spiro atoms. The Labute approximate surface area is 183 Å². The van der Waals surface area contributed by atoms with E-state index < -0.39 is 5.97 Å². The molecule has 0 aliphatic rings. The number of esters is 1. The van der Waals surface area contributed by atoms with Crippen LogP contribution in [0.1, 0.15) is 5.56 Å². The molecule has 0 saturated carbocycles. The van der Waals surface area contributed by atoms with Crippen molar-refractivity contribution >= 4 is 5.97 Å². The smallest absolute Gasteiger partial charge is 0.343 e. The molecule has 4 rings (SSSR count). The van der Waals surface area contributed by atoms with E-state index in [2.05, 4.69) is 24.9 Å². The van der Waals surface area contributed by atoms with Crippen molar-refractivity contribution in [3.8, 4) is 28.4 Å². The molecule has 0 amide bonds. The molecule has 0 radical (unpaired) electrons. The van der Waals surface area contributed by atoms with E-state index in [1.165, 1.54) is 30.3 Å². The molecule has 4 aromatic rings. The van der Waals surface area contributed by atoms with Crippen molar-refractivity contribution in [1.29, 1.82) is 0 Å². The maximum absolute atomic E-state index is 12.3. The van der Waals surface area contributed by atoms with E-state index in [4.69, 9.17) is 4.74 Å². The van der Waals surface area contributed by atoms with Crippen LogP contribution in [0.2, 0.25) is 0 Å². The minimum absolute atomic E-state index is 0.202. The van der Waals surface area contributed by atoms with Crippen LogP contribution in [-0.2, 0) is 23.1 Å². The number of hydrogen-bond donors (Lipinski definition) is 0. The van der Waals surface area contributed by atoms with Crippen molar-refractivity contribution in [2.45, 2.75) is 6.54 Å². The fourth-order valence-electron chi connectivity index (χ4n) is 2.99. The highest BCUT2D eigenvalue weighted by Crippen LogP contribution is 2.19. The zero-order valence-corrected chi connectivity index (χ0v) is 17.5. The molecular weight excluding hydrogens is 412 g/mol. The van der Waals surface area contributed by atoms with Gasteiger partial charge in [0, 0.05) is 30.4 Å². The summed E-state index contributed by atoms with van der Waals surface area (Å²) in [7, 11) is 3.11. The van der Waals surface area contributed by atoms with Gasteiger partial charge in [-0.15, -0.1) is 0 Å². The number of nitrogens with zero attached hydrogens (tertiary/aromatic N) is 6. The lowest BCUT2D eigenvalue weighted by Gasteiger charge is -2.08. The fraction of sp³-hybridized carbons (Fsp3) is 0.182. The predicted octanol–water partition coefficient (Wildman–Crippen LogP) is 1.70. The van der Waals surface area contributed by atoms with Gasteiger partial charge in [-0.3, -0.25) is 9.48 Å². The Bertz CT molecular complexity index is 1300. The molecule has 0 aliphatic carbocycles. The van der Waals surface area contributed by atoms with E-state index in [9.17, 15) is 9.59 Å². The summed E-state index contributed by atoms with van der Waals surface area (Å²) < 4.78 is 12.9. The Kier molecular flexibility index (Phi) is 6.02. The fourth-order valence-corrected chi connectivity index (χ4v) is 2.99. The molecule has 0 saturated heterocycles. The summed E-state index contributed by atoms with van der Waals surface area (Å²) in [6.07, 6.45) is 6.52. The molecule has 0 atom stereocenters. The average Bonchev–Trinajstić information content (AvgIpc) is 3.25. The summed E-state index contributed by atoms with van der Waals surface area (Å²) in [6.45, 7) is 0.0790. The molecule has 0 fully saturated rings. The van der Waals surface area contributed by atoms with Crippen molar-refractivity contribution in [2.75, 3.05) is 13.7 Å². The number of rotatable bonds is 7. The number of aromatic nitrogens is 6. The van der Waals surface area contributed by atoms with Crippen LogP contribution in [0.3, 0.4) is 0 Å². The second kappa shape index (κ2) is 9.21. The molecule has 0 unspecified atom stereocenters. The van der Waals surface area contributed by atoms with Crippen molar-refractivity contribution in [3.63, 3.8) is 0 Å². The van der Waals surface area contributed by atoms with Crippen molar-refractivity contribution in [3.05, 3.63) is 77.1 Å². The van der Waals surface area contributed by atoms with Crippen LogP contribution in [0, 0.1) is 0 Å². The maximum atomic E-state index is 12.3. The van der Waals surface area contributed by atoms with E-state index in [1.807, 2.05) is 37.5 Å². The third-order valence-electron chi connectivity index (χ3n) is 4.60. The zero-order valence-electron chi connectivity index (χ0n) is 17.5. The first-order chi connectivity index (χ1) is 15.5. The van der Waals surface area contributed by atoms with Crippen molar-refractivity contribution in [2.24, 2.45) is 7.05 Å². The molecule has 0 bridgehead atoms. The largest absolute Gasteiger partial charge is 0.479 e. The second-order valence-electron chi connectivity index (χ2n) is 6.92. The van der Waals surface area contributed by atoms with Gasteiger partial charge in [-0.25, -0.2) is 19.4 Å². The zero-order chi connectivity index (χ0) is 22.5. The monoisotopic (exact) mass is 432 g/mol. The van der Waals surface area contributed by atoms with Gasteiger partial charge in [0.05, 0.1) is 37.9 Å². The quantitative estimate of drug-likeness (QED) is 0.406. The molecule has 32 heavy (non-hydrogen) atoms. The molecular formula is C22H20N6O4. The van der Waals surface area contributed by atoms with E-state index in [0.717, 1.165) is 16.7 Å². The van der Waals surface area contributed by atoms with Crippen LogP contribution in [0.4, 0.5) is 0 Å². The topological polar surface area (TPSA) is 114 Å². The number of carbonyl (C=O) groups excluding carboxylic acids is 1. The summed E-state index contributed by atoms with van der Waals surface area (Å²) in [5, 5.41) is 8.62. The molecule has 3 heterocycles. The highest BCUT2D eigenvalue weighted by molar-refractivity contribution is 5.70. The SMILES string of the molecule is COC(=O)COc1cnc(-c2cccc(Cn3nc(-c4cnn(C)c4)ccc3=O)c2)nc1. The van der Waals surface area contributed by atoms with E-state index in [0.29, 0.717) is 23.8 Å². The first-order valence-electron chi connectivity index (χ1n) is 9.70. The van der Waals surface area contributed by atoms with Crippen LogP contribution in [0.25, 0.3) is 22.6 Å². The van der Waals surface area contributed by atoms with Gasteiger partial charge in [-0.1, -0.05) is 18.2 Å². The molecule has 10 nitrogen and oxygen atoms in total. The molecule has 0 N–H and O–H groups in total. The molecule has 1 aromatic carbocycles. The third kappa shape index (κ3) is 4.86. The van der Waals surface area contributed by atoms with Gasteiger partial charge in [0.1, 0.15) is 0 Å². The standard InChI is InChI=1S/C22H20N6O4/c1-27-13-17(9-25-27)19-6-7-20(29)28(26-19)12-15-4-3-5-16(8-15)22-23-10-18(11-24-22)32-14-21(30)31-2/h3-11,13H,12,14H2,1-2H3. The Morgan fingerprint density at radius 1 is 1.06 bits per heavy atom. The summed E-state index contributed by atoms with van der Waals surface area (Å²) >= 11 is 0. The Hall–Kier alpha value is -4.34. The maximum Gasteiger partial charge on any atom is 0.343 e. The molecule has 0 aliphatic heterocycles. The van der Waals surface area contributed by atoms with Crippen LogP contribution < -0.4 is 10.3 Å². The van der Waals surface area contributed by atoms with Gasteiger partial charge in [0.15, 0.2) is 18.2 Å². The Morgan fingerprint density at radius 2 is 1.88 bits per heavy atom. The normalized spacial score (nSPS) is 10.7. The van der Waals surface area contributed by atoms with Crippen molar-refractivity contribution in [1.82, 2.24) is 29.5 Å². The van der Waals surface area contributed by atoms with E-state index in [1.54, 1.807) is 16.9 Å². The Morgan fingerprint density at radius 3 is 2.59 bits per heavy atom. The Balaban J connectivity index is 1.52. The molecule has 3 aromatic heterocycles. The van der Waals surface area contributed by atoms with Crippen LogP contribution in [0.15, 0.2) is 66.0 Å². The van der Waals surface area contributed by atoms with E-state index >= 15 is 0 Å². The lowest BCUT2D eigenvalue weighted by Crippen LogP contribution is -2.22. The summed E-state index contributed by atoms with van der Waals surface area (Å²) in [5.74, 6) is 0.359. The van der Waals surface area contributed by atoms with E-state index in [-0.39, 0.29) is 12.2 Å². The highest BCUT2D eigenvalue weighted by atomic mass is 16.6. The number of aryl methyl sites for hydroxylation is 1. The number of benzene rings is 1. The van der Waals surface area contributed by atoms with Crippen LogP contribution >= 0.6 is 0 Å². The minimum atomic E-state index is -0.488. The first-order valence-corrected chi connectivity index (χ1v) is 9.70. The summed E-state index contributed by atoms with van der Waals surface area (Å²) in [4.78, 5) is 32.1. The van der Waals surface area contributed by atoms with Crippen molar-refractivity contribution < 1.29 is 14.3 Å². The predicted molar refractivity (Wildman–Crippen MR) is 115 cm³/mol. The van der Waals surface area contributed by atoms with Gasteiger partial charge < -0.3 is 9.47 Å². The molecule has 10 heteroatoms. The lowest BCUT2D eigenvalue weighted by atomic mass is 10.1. The summed E-state index contributed by atoms with van der Waals surface area (Å²) in [6, 6.07) is 10.7. The van der Waals surface area contributed by atoms with Gasteiger partial charge in [0.2, 0.25) is 0 Å². The van der Waals surface area contributed by atoms with Crippen LogP contribution in [0.5, 0.6) is 5.75 Å². The minimum Gasteiger partial charge on any atom is -0.479 e. The third-order valence-corrected chi connectivity index (χ3v) is 4.60. The lowest BCUT2D eigenvalue weighted by molar-refractivity contribution is -0.142. The number of ether oxygens (including phenoxy) is 2. The van der Waals surface area contributed by atoms with Gasteiger partial charge in [-0.2, -0.15) is 10.2 Å². The first kappa shape index (κ1) is 20.9. The molecule has 162 valence electrons. The van der Waals surface area contributed by atoms with Gasteiger partial charge in [0.25, 0.3) is 5.56 Å². The summed E-state index contributed by atoms with van der Waals surface area (Å²) in [5.41, 5.74) is 2.94. The number of carbonyl (C=O) groups is 1. The highest BCUT2D eigenvalue weighted by Gasteiger charge is 2.09. The average molecular weight is 432 g/mol. The van der Waals surface area contributed by atoms with Gasteiger partial charge in [-0.05, 0) is 17.7 Å².